The van der Waals surface area contributed by atoms with E-state index in [-0.39, 0.29) is 11.3 Å². The number of nitrogens with zero attached hydrogens (tertiary/aromatic N) is 1. The zero-order chi connectivity index (χ0) is 14.8. The van der Waals surface area contributed by atoms with Crippen LogP contribution in [0.2, 0.25) is 0 Å². The van der Waals surface area contributed by atoms with Crippen molar-refractivity contribution in [3.05, 3.63) is 59.7 Å². The number of halogens is 2. The molecule has 0 amide bonds. The summed E-state index contributed by atoms with van der Waals surface area (Å²) in [5.74, 6) is -2.19. The number of nitriles is 1. The maximum Gasteiger partial charge on any atom is 0.342 e. The Balaban J connectivity index is 2.41. The van der Waals surface area contributed by atoms with Crippen LogP contribution in [0.25, 0.3) is 0 Å². The maximum atomic E-state index is 13.4. The molecule has 2 aromatic carbocycles. The third-order valence-corrected chi connectivity index (χ3v) is 3.60. The molecule has 2 aromatic rings. The molecule has 0 aliphatic heterocycles. The van der Waals surface area contributed by atoms with Gasteiger partial charge in [-0.2, -0.15) is 13.7 Å². The van der Waals surface area contributed by atoms with Gasteiger partial charge in [-0.1, -0.05) is 6.07 Å². The van der Waals surface area contributed by atoms with E-state index >= 15 is 0 Å². The Hall–Kier alpha value is -2.46. The highest BCUT2D eigenvalue weighted by molar-refractivity contribution is 7.87. The van der Waals surface area contributed by atoms with Crippen LogP contribution in [0.15, 0.2) is 47.4 Å². The molecule has 20 heavy (non-hydrogen) atoms. The molecule has 0 aliphatic rings. The van der Waals surface area contributed by atoms with E-state index in [9.17, 15) is 17.2 Å². The molecule has 0 radical (unpaired) electrons. The van der Waals surface area contributed by atoms with Gasteiger partial charge in [-0.05, 0) is 36.4 Å². The summed E-state index contributed by atoms with van der Waals surface area (Å²) in [5, 5.41) is 8.69. The smallest absolute Gasteiger partial charge is 0.342 e. The number of benzene rings is 2. The van der Waals surface area contributed by atoms with Crippen LogP contribution < -0.4 is 4.18 Å². The van der Waals surface area contributed by atoms with Crippen molar-refractivity contribution in [3.8, 4) is 11.8 Å². The average molecular weight is 295 g/mol. The summed E-state index contributed by atoms with van der Waals surface area (Å²) < 4.78 is 54.8. The number of rotatable bonds is 3. The lowest BCUT2D eigenvalue weighted by atomic mass is 10.2. The largest absolute Gasteiger partial charge is 0.379 e. The SMILES string of the molecule is N#Cc1cccc(OS(=O)(=O)c2cc(F)ccc2F)c1. The molecule has 0 heterocycles. The van der Waals surface area contributed by atoms with E-state index in [1.807, 2.05) is 0 Å². The standard InChI is InChI=1S/C13H7F2NO3S/c14-10-4-5-12(15)13(7-10)20(17,18)19-11-3-1-2-9(6-11)8-16/h1-7H. The van der Waals surface area contributed by atoms with Crippen molar-refractivity contribution < 1.29 is 21.4 Å². The lowest BCUT2D eigenvalue weighted by Gasteiger charge is -2.08. The van der Waals surface area contributed by atoms with Gasteiger partial charge in [0.15, 0.2) is 0 Å². The molecule has 0 fully saturated rings. The Morgan fingerprint density at radius 2 is 1.85 bits per heavy atom. The highest BCUT2D eigenvalue weighted by atomic mass is 32.2. The Morgan fingerprint density at radius 1 is 1.10 bits per heavy atom. The number of hydrogen-bond donors (Lipinski definition) is 0. The summed E-state index contributed by atoms with van der Waals surface area (Å²) >= 11 is 0. The molecule has 0 atom stereocenters. The predicted molar refractivity (Wildman–Crippen MR) is 65.3 cm³/mol. The Labute approximate surface area is 114 Å². The van der Waals surface area contributed by atoms with E-state index in [4.69, 9.17) is 5.26 Å². The molecular weight excluding hydrogens is 288 g/mol. The molecule has 0 N–H and O–H groups in total. The highest BCUT2D eigenvalue weighted by Gasteiger charge is 2.22. The van der Waals surface area contributed by atoms with Crippen molar-refractivity contribution in [2.45, 2.75) is 4.90 Å². The van der Waals surface area contributed by atoms with Gasteiger partial charge in [0, 0.05) is 0 Å². The first-order valence-electron chi connectivity index (χ1n) is 5.32. The Morgan fingerprint density at radius 3 is 2.55 bits per heavy atom. The Kier molecular flexibility index (Phi) is 3.68. The fourth-order valence-electron chi connectivity index (χ4n) is 1.46. The molecule has 0 aromatic heterocycles. The minimum absolute atomic E-state index is 0.160. The van der Waals surface area contributed by atoms with Crippen molar-refractivity contribution in [3.63, 3.8) is 0 Å². The maximum absolute atomic E-state index is 13.4. The van der Waals surface area contributed by atoms with Crippen molar-refractivity contribution in [1.29, 1.82) is 5.26 Å². The van der Waals surface area contributed by atoms with E-state index in [0.717, 1.165) is 6.07 Å². The van der Waals surface area contributed by atoms with Crippen LogP contribution >= 0.6 is 0 Å². The monoisotopic (exact) mass is 295 g/mol. The van der Waals surface area contributed by atoms with E-state index in [1.54, 1.807) is 6.07 Å². The van der Waals surface area contributed by atoms with Crippen molar-refractivity contribution in [1.82, 2.24) is 0 Å². The van der Waals surface area contributed by atoms with Gasteiger partial charge in [0.2, 0.25) is 0 Å². The first-order chi connectivity index (χ1) is 9.42. The molecule has 7 heteroatoms. The zero-order valence-electron chi connectivity index (χ0n) is 9.88. The molecule has 0 bridgehead atoms. The van der Waals surface area contributed by atoms with Gasteiger partial charge < -0.3 is 4.18 Å². The third kappa shape index (κ3) is 2.92. The fourth-order valence-corrected chi connectivity index (χ4v) is 2.47. The third-order valence-electron chi connectivity index (χ3n) is 2.33. The van der Waals surface area contributed by atoms with Crippen LogP contribution in [-0.4, -0.2) is 8.42 Å². The van der Waals surface area contributed by atoms with Crippen LogP contribution in [0.1, 0.15) is 5.56 Å². The lowest BCUT2D eigenvalue weighted by molar-refractivity contribution is 0.473. The van der Waals surface area contributed by atoms with Gasteiger partial charge in [0.05, 0.1) is 11.6 Å². The van der Waals surface area contributed by atoms with Gasteiger partial charge in [-0.15, -0.1) is 0 Å². The van der Waals surface area contributed by atoms with E-state index in [2.05, 4.69) is 4.18 Å². The van der Waals surface area contributed by atoms with Crippen molar-refractivity contribution in [2.24, 2.45) is 0 Å². The van der Waals surface area contributed by atoms with Crippen LogP contribution in [0.3, 0.4) is 0 Å². The molecular formula is C13H7F2NO3S. The van der Waals surface area contributed by atoms with Gasteiger partial charge in [-0.3, -0.25) is 0 Å². The molecule has 0 saturated carbocycles. The first-order valence-corrected chi connectivity index (χ1v) is 6.73. The second-order valence-electron chi connectivity index (χ2n) is 3.75. The number of hydrogen-bond acceptors (Lipinski definition) is 4. The Bertz CT molecular complexity index is 798. The van der Waals surface area contributed by atoms with Gasteiger partial charge in [-0.25, -0.2) is 8.78 Å². The van der Waals surface area contributed by atoms with Crippen LogP contribution in [-0.2, 0) is 10.1 Å². The van der Waals surface area contributed by atoms with E-state index < -0.39 is 26.6 Å². The summed E-state index contributed by atoms with van der Waals surface area (Å²) in [4.78, 5) is -0.903. The molecule has 0 unspecified atom stereocenters. The summed E-state index contributed by atoms with van der Waals surface area (Å²) in [6.07, 6.45) is 0. The molecule has 4 nitrogen and oxygen atoms in total. The van der Waals surface area contributed by atoms with Gasteiger partial charge >= 0.3 is 10.1 Å². The highest BCUT2D eigenvalue weighted by Crippen LogP contribution is 2.22. The second-order valence-corrected chi connectivity index (χ2v) is 5.27. The molecule has 2 rings (SSSR count). The molecule has 102 valence electrons. The van der Waals surface area contributed by atoms with Crippen LogP contribution in [0.4, 0.5) is 8.78 Å². The zero-order valence-corrected chi connectivity index (χ0v) is 10.7. The predicted octanol–water partition coefficient (Wildman–Crippen LogP) is 2.60. The fraction of sp³-hybridized carbons (Fsp3) is 0. The minimum Gasteiger partial charge on any atom is -0.379 e. The van der Waals surface area contributed by atoms with Gasteiger partial charge in [0.1, 0.15) is 22.3 Å². The molecule has 0 aliphatic carbocycles. The van der Waals surface area contributed by atoms with E-state index in [0.29, 0.717) is 12.1 Å². The minimum atomic E-state index is -4.52. The normalized spacial score (nSPS) is 10.8. The van der Waals surface area contributed by atoms with Crippen LogP contribution in [0, 0.1) is 23.0 Å². The summed E-state index contributed by atoms with van der Waals surface area (Å²) in [7, 11) is -4.52. The van der Waals surface area contributed by atoms with E-state index in [1.165, 1.54) is 24.3 Å². The topological polar surface area (TPSA) is 67.2 Å². The van der Waals surface area contributed by atoms with Crippen molar-refractivity contribution in [2.75, 3.05) is 0 Å². The second kappa shape index (κ2) is 5.27. The van der Waals surface area contributed by atoms with Crippen molar-refractivity contribution >= 4 is 10.1 Å². The summed E-state index contributed by atoms with van der Waals surface area (Å²) in [5.41, 5.74) is 0.178. The quantitative estimate of drug-likeness (QED) is 0.816. The average Bonchev–Trinajstić information content (AvgIpc) is 2.41. The summed E-state index contributed by atoms with van der Waals surface area (Å²) in [6, 6.07) is 9.14. The molecule has 0 spiro atoms. The molecule has 0 saturated heterocycles. The van der Waals surface area contributed by atoms with Crippen LogP contribution in [0.5, 0.6) is 5.75 Å². The summed E-state index contributed by atoms with van der Waals surface area (Å²) in [6.45, 7) is 0. The first kappa shape index (κ1) is 14.0. The lowest BCUT2D eigenvalue weighted by Crippen LogP contribution is -2.12. The van der Waals surface area contributed by atoms with Gasteiger partial charge in [0.25, 0.3) is 0 Å².